The van der Waals surface area contributed by atoms with Crippen LogP contribution in [-0.4, -0.2) is 12.5 Å². The number of carbonyl (C=O) groups is 1. The van der Waals surface area contributed by atoms with Crippen molar-refractivity contribution in [3.63, 3.8) is 0 Å². The average molecular weight is 260 g/mol. The van der Waals surface area contributed by atoms with Crippen LogP contribution < -0.4 is 5.32 Å². The van der Waals surface area contributed by atoms with Crippen LogP contribution in [-0.2, 0) is 0 Å². The second-order valence-electron chi connectivity index (χ2n) is 3.07. The third-order valence-electron chi connectivity index (χ3n) is 1.93. The van der Waals surface area contributed by atoms with Crippen LogP contribution in [0.25, 0.3) is 0 Å². The summed E-state index contributed by atoms with van der Waals surface area (Å²) < 4.78 is 5.46. The maximum Gasteiger partial charge on any atom is 0.255 e. The number of hydrogen-bond donors (Lipinski definition) is 1. The summed E-state index contributed by atoms with van der Waals surface area (Å²) in [6.07, 6.45) is 4.82. The Morgan fingerprint density at radius 2 is 2.36 bits per heavy atom. The monoisotopic (exact) mass is 259 g/mol. The molecule has 3 nitrogen and oxygen atoms in total. The van der Waals surface area contributed by atoms with Crippen molar-refractivity contribution >= 4 is 21.8 Å². The van der Waals surface area contributed by atoms with Crippen LogP contribution in [0, 0.1) is 0 Å². The molecule has 0 aliphatic rings. The van der Waals surface area contributed by atoms with Gasteiger partial charge in [0.2, 0.25) is 0 Å². The van der Waals surface area contributed by atoms with Crippen molar-refractivity contribution in [2.75, 3.05) is 6.54 Å². The van der Waals surface area contributed by atoms with E-state index in [1.165, 1.54) is 6.26 Å². The Kier molecular flexibility index (Phi) is 4.73. The number of hydrogen-bond acceptors (Lipinski definition) is 2. The maximum absolute atomic E-state index is 11.5. The fraction of sp³-hybridized carbons (Fsp3) is 0.500. The highest BCUT2D eigenvalue weighted by molar-refractivity contribution is 9.10. The van der Waals surface area contributed by atoms with Crippen molar-refractivity contribution < 1.29 is 9.21 Å². The van der Waals surface area contributed by atoms with E-state index in [-0.39, 0.29) is 5.91 Å². The lowest BCUT2D eigenvalue weighted by Gasteiger charge is -2.02. The van der Waals surface area contributed by atoms with E-state index in [4.69, 9.17) is 4.42 Å². The first-order chi connectivity index (χ1) is 6.75. The molecule has 1 heterocycles. The van der Waals surface area contributed by atoms with E-state index < -0.39 is 0 Å². The van der Waals surface area contributed by atoms with Gasteiger partial charge in [0.1, 0.15) is 0 Å². The third-order valence-corrected chi connectivity index (χ3v) is 2.54. The Morgan fingerprint density at radius 1 is 1.57 bits per heavy atom. The predicted molar refractivity (Wildman–Crippen MR) is 58.3 cm³/mol. The largest absolute Gasteiger partial charge is 0.457 e. The summed E-state index contributed by atoms with van der Waals surface area (Å²) in [5, 5.41) is 2.83. The average Bonchev–Trinajstić information content (AvgIpc) is 2.59. The minimum absolute atomic E-state index is 0.0817. The van der Waals surface area contributed by atoms with Crippen molar-refractivity contribution in [2.24, 2.45) is 0 Å². The van der Waals surface area contributed by atoms with Gasteiger partial charge in [0.25, 0.3) is 5.91 Å². The summed E-state index contributed by atoms with van der Waals surface area (Å²) in [6, 6.07) is 1.65. The zero-order chi connectivity index (χ0) is 10.4. The number of rotatable bonds is 5. The summed E-state index contributed by atoms with van der Waals surface area (Å²) in [5.41, 5.74) is 0.557. The van der Waals surface area contributed by atoms with E-state index in [9.17, 15) is 4.79 Å². The van der Waals surface area contributed by atoms with Crippen molar-refractivity contribution in [3.8, 4) is 0 Å². The molecule has 0 aliphatic carbocycles. The van der Waals surface area contributed by atoms with Crippen LogP contribution in [0.4, 0.5) is 0 Å². The number of nitrogens with one attached hydrogen (secondary N) is 1. The van der Waals surface area contributed by atoms with Crippen LogP contribution >= 0.6 is 15.9 Å². The molecule has 0 radical (unpaired) electrons. The van der Waals surface area contributed by atoms with Crippen LogP contribution in [0.2, 0.25) is 0 Å². The molecule has 0 unspecified atom stereocenters. The fourth-order valence-electron chi connectivity index (χ4n) is 1.13. The molecule has 14 heavy (non-hydrogen) atoms. The van der Waals surface area contributed by atoms with E-state index in [0.29, 0.717) is 10.2 Å². The van der Waals surface area contributed by atoms with Gasteiger partial charge in [0.05, 0.1) is 11.8 Å². The van der Waals surface area contributed by atoms with E-state index in [1.807, 2.05) is 0 Å². The zero-order valence-corrected chi connectivity index (χ0v) is 9.76. The second kappa shape index (κ2) is 5.86. The van der Waals surface area contributed by atoms with Crippen molar-refractivity contribution in [1.29, 1.82) is 0 Å². The summed E-state index contributed by atoms with van der Waals surface area (Å²) >= 11 is 3.16. The van der Waals surface area contributed by atoms with Gasteiger partial charge < -0.3 is 9.73 Å². The second-order valence-corrected chi connectivity index (χ2v) is 3.79. The molecule has 0 saturated heterocycles. The Balaban J connectivity index is 2.32. The first-order valence-electron chi connectivity index (χ1n) is 4.77. The van der Waals surface area contributed by atoms with Crippen molar-refractivity contribution in [2.45, 2.75) is 26.2 Å². The third kappa shape index (κ3) is 3.18. The first-order valence-corrected chi connectivity index (χ1v) is 5.56. The SMILES string of the molecule is CCCCCNC(=O)c1ccoc1Br. The molecule has 1 aromatic heterocycles. The van der Waals surface area contributed by atoms with Gasteiger partial charge in [0, 0.05) is 6.54 Å². The van der Waals surface area contributed by atoms with E-state index in [2.05, 4.69) is 28.2 Å². The first kappa shape index (κ1) is 11.3. The molecule has 1 N–H and O–H groups in total. The Bertz CT molecular complexity index is 296. The highest BCUT2D eigenvalue weighted by Crippen LogP contribution is 2.16. The molecule has 0 aromatic carbocycles. The molecule has 0 spiro atoms. The Labute approximate surface area is 92.0 Å². The molecule has 4 heteroatoms. The smallest absolute Gasteiger partial charge is 0.255 e. The molecule has 78 valence electrons. The van der Waals surface area contributed by atoms with Crippen molar-refractivity contribution in [1.82, 2.24) is 5.32 Å². The molecule has 1 amide bonds. The fourth-order valence-corrected chi connectivity index (χ4v) is 1.55. The van der Waals surface area contributed by atoms with Gasteiger partial charge >= 0.3 is 0 Å². The van der Waals surface area contributed by atoms with Gasteiger partial charge in [-0.15, -0.1) is 0 Å². The highest BCUT2D eigenvalue weighted by Gasteiger charge is 2.10. The normalized spacial score (nSPS) is 10.1. The van der Waals surface area contributed by atoms with Crippen LogP contribution in [0.15, 0.2) is 21.4 Å². The topological polar surface area (TPSA) is 42.2 Å². The predicted octanol–water partition coefficient (Wildman–Crippen LogP) is 2.96. The molecule has 0 bridgehead atoms. The highest BCUT2D eigenvalue weighted by atomic mass is 79.9. The lowest BCUT2D eigenvalue weighted by Crippen LogP contribution is -2.24. The Morgan fingerprint density at radius 3 is 2.93 bits per heavy atom. The lowest BCUT2D eigenvalue weighted by atomic mass is 10.2. The summed E-state index contributed by atoms with van der Waals surface area (Å²) in [6.45, 7) is 2.86. The van der Waals surface area contributed by atoms with E-state index in [1.54, 1.807) is 6.07 Å². The number of amides is 1. The standard InChI is InChI=1S/C10H14BrNO2/c1-2-3-4-6-12-10(13)8-5-7-14-9(8)11/h5,7H,2-4,6H2,1H3,(H,12,13). The van der Waals surface area contributed by atoms with Gasteiger partial charge in [-0.2, -0.15) is 0 Å². The van der Waals surface area contributed by atoms with Gasteiger partial charge in [-0.25, -0.2) is 0 Å². The molecule has 0 saturated carbocycles. The number of carbonyl (C=O) groups excluding carboxylic acids is 1. The molecular weight excluding hydrogens is 246 g/mol. The number of furan rings is 1. The van der Waals surface area contributed by atoms with Crippen molar-refractivity contribution in [3.05, 3.63) is 22.6 Å². The van der Waals surface area contributed by atoms with E-state index >= 15 is 0 Å². The van der Waals surface area contributed by atoms with E-state index in [0.717, 1.165) is 25.8 Å². The molecule has 0 fully saturated rings. The Hall–Kier alpha value is -0.770. The minimum Gasteiger partial charge on any atom is -0.457 e. The molecular formula is C10H14BrNO2. The zero-order valence-electron chi connectivity index (χ0n) is 8.18. The summed E-state index contributed by atoms with van der Waals surface area (Å²) in [7, 11) is 0. The van der Waals surface area contributed by atoms with Crippen LogP contribution in [0.1, 0.15) is 36.5 Å². The van der Waals surface area contributed by atoms with Gasteiger partial charge in [0.15, 0.2) is 4.67 Å². The maximum atomic E-state index is 11.5. The molecule has 1 rings (SSSR count). The quantitative estimate of drug-likeness (QED) is 0.827. The molecule has 1 aromatic rings. The number of halogens is 1. The molecule has 0 aliphatic heterocycles. The number of unbranched alkanes of at least 4 members (excludes halogenated alkanes) is 2. The van der Waals surface area contributed by atoms with Gasteiger partial charge in [-0.05, 0) is 28.4 Å². The van der Waals surface area contributed by atoms with Crippen LogP contribution in [0.3, 0.4) is 0 Å². The molecule has 0 atom stereocenters. The minimum atomic E-state index is -0.0817. The van der Waals surface area contributed by atoms with Gasteiger partial charge in [-0.3, -0.25) is 4.79 Å². The van der Waals surface area contributed by atoms with Crippen LogP contribution in [0.5, 0.6) is 0 Å². The lowest BCUT2D eigenvalue weighted by molar-refractivity contribution is 0.0951. The summed E-state index contributed by atoms with van der Waals surface area (Å²) in [4.78, 5) is 11.5. The summed E-state index contributed by atoms with van der Waals surface area (Å²) in [5.74, 6) is -0.0817. The van der Waals surface area contributed by atoms with Gasteiger partial charge in [-0.1, -0.05) is 19.8 Å².